The molecule has 1 atom stereocenters. The maximum atomic E-state index is 12.8. The first kappa shape index (κ1) is 20.4. The molecule has 0 aliphatic heterocycles. The Kier molecular flexibility index (Phi) is 4.82. The molecule has 3 aromatic rings. The lowest BCUT2D eigenvalue weighted by atomic mass is 9.82. The van der Waals surface area contributed by atoms with Crippen LogP contribution in [0.1, 0.15) is 72.6 Å². The normalized spacial score (nSPS) is 15.4. The number of aromatic carboxylic acids is 1. The van der Waals surface area contributed by atoms with Crippen molar-refractivity contribution in [3.8, 4) is 11.1 Å². The van der Waals surface area contributed by atoms with Crippen molar-refractivity contribution < 1.29 is 9.90 Å². The molecular formula is C25H28N2O3. The minimum Gasteiger partial charge on any atom is -0.477 e. The molecule has 156 valence electrons. The molecule has 1 unspecified atom stereocenters. The maximum absolute atomic E-state index is 12.8. The molecule has 1 aromatic carbocycles. The van der Waals surface area contributed by atoms with Gasteiger partial charge < -0.3 is 10.8 Å². The van der Waals surface area contributed by atoms with Gasteiger partial charge in [-0.05, 0) is 77.1 Å². The fraction of sp³-hybridized carbons (Fsp3) is 0.360. The second-order valence-electron chi connectivity index (χ2n) is 9.44. The maximum Gasteiger partial charge on any atom is 0.341 e. The number of hydrogen-bond donors (Lipinski definition) is 2. The average Bonchev–Trinajstić information content (AvgIpc) is 3.52. The quantitative estimate of drug-likeness (QED) is 0.648. The zero-order valence-corrected chi connectivity index (χ0v) is 17.9. The first-order chi connectivity index (χ1) is 14.1. The molecule has 4 rings (SSSR count). The summed E-state index contributed by atoms with van der Waals surface area (Å²) in [5.74, 6) is -0.866. The third-order valence-corrected chi connectivity index (χ3v) is 6.15. The summed E-state index contributed by atoms with van der Waals surface area (Å²) in [5, 5.41) is 9.48. The Labute approximate surface area is 176 Å². The summed E-state index contributed by atoms with van der Waals surface area (Å²) in [7, 11) is 0. The molecule has 0 saturated heterocycles. The predicted molar refractivity (Wildman–Crippen MR) is 119 cm³/mol. The van der Waals surface area contributed by atoms with E-state index in [1.807, 2.05) is 19.1 Å². The second-order valence-corrected chi connectivity index (χ2v) is 9.44. The summed E-state index contributed by atoms with van der Waals surface area (Å²) in [6.45, 7) is 8.38. The van der Waals surface area contributed by atoms with E-state index in [4.69, 9.17) is 5.73 Å². The van der Waals surface area contributed by atoms with Crippen LogP contribution in [0.25, 0.3) is 16.6 Å². The molecule has 30 heavy (non-hydrogen) atoms. The van der Waals surface area contributed by atoms with E-state index in [0.717, 1.165) is 46.2 Å². The number of carboxylic acids is 1. The molecule has 2 aromatic heterocycles. The molecule has 1 aliphatic carbocycles. The first-order valence-corrected chi connectivity index (χ1v) is 10.4. The van der Waals surface area contributed by atoms with Crippen LogP contribution in [0, 0.1) is 12.3 Å². The van der Waals surface area contributed by atoms with Crippen LogP contribution in [0.15, 0.2) is 47.4 Å². The Morgan fingerprint density at radius 2 is 1.90 bits per heavy atom. The van der Waals surface area contributed by atoms with Gasteiger partial charge in [0.25, 0.3) is 5.56 Å². The van der Waals surface area contributed by atoms with Gasteiger partial charge in [0.2, 0.25) is 0 Å². The van der Waals surface area contributed by atoms with Gasteiger partial charge in [-0.1, -0.05) is 39.0 Å². The standard InChI is InChI=1S/C25H28N2O3/c1-14-18(16-6-5-7-17(12-16)22(26)25(2,3)4)10-11-27-21(14)19(15-8-9-15)13-20(23(27)28)24(29)30/h5-7,10-13,15,22H,8-9,26H2,1-4H3,(H,29,30). The highest BCUT2D eigenvalue weighted by Gasteiger charge is 2.29. The number of fused-ring (bicyclic) bond motifs is 1. The van der Waals surface area contributed by atoms with Gasteiger partial charge in [-0.3, -0.25) is 9.20 Å². The summed E-state index contributed by atoms with van der Waals surface area (Å²) in [4.78, 5) is 24.4. The van der Waals surface area contributed by atoms with Gasteiger partial charge in [0.05, 0.1) is 5.52 Å². The van der Waals surface area contributed by atoms with Crippen LogP contribution < -0.4 is 11.3 Å². The highest BCUT2D eigenvalue weighted by atomic mass is 16.4. The van der Waals surface area contributed by atoms with Crippen molar-refractivity contribution in [1.82, 2.24) is 4.40 Å². The number of nitrogens with two attached hydrogens (primary N) is 1. The summed E-state index contributed by atoms with van der Waals surface area (Å²) in [6.07, 6.45) is 3.74. The summed E-state index contributed by atoms with van der Waals surface area (Å²) >= 11 is 0. The Hall–Kier alpha value is -2.92. The molecule has 5 heteroatoms. The smallest absolute Gasteiger partial charge is 0.341 e. The number of aryl methyl sites for hydroxylation is 1. The number of pyridine rings is 2. The van der Waals surface area contributed by atoms with Crippen molar-refractivity contribution in [2.24, 2.45) is 11.1 Å². The zero-order chi connectivity index (χ0) is 21.8. The molecule has 1 aliphatic rings. The van der Waals surface area contributed by atoms with Gasteiger partial charge >= 0.3 is 5.97 Å². The fourth-order valence-corrected chi connectivity index (χ4v) is 4.17. The van der Waals surface area contributed by atoms with E-state index in [1.54, 1.807) is 12.3 Å². The molecule has 0 amide bonds. The van der Waals surface area contributed by atoms with Gasteiger partial charge in [-0.25, -0.2) is 4.79 Å². The zero-order valence-electron chi connectivity index (χ0n) is 17.9. The largest absolute Gasteiger partial charge is 0.477 e. The molecule has 1 saturated carbocycles. The van der Waals surface area contributed by atoms with E-state index in [-0.39, 0.29) is 17.0 Å². The van der Waals surface area contributed by atoms with Crippen molar-refractivity contribution in [2.45, 2.75) is 52.5 Å². The Bertz CT molecular complexity index is 1210. The third kappa shape index (κ3) is 3.43. The summed E-state index contributed by atoms with van der Waals surface area (Å²) in [5.41, 5.74) is 11.7. The van der Waals surface area contributed by atoms with Crippen LogP contribution in [0.4, 0.5) is 0 Å². The van der Waals surface area contributed by atoms with E-state index >= 15 is 0 Å². The highest BCUT2D eigenvalue weighted by molar-refractivity contribution is 5.89. The van der Waals surface area contributed by atoms with E-state index < -0.39 is 11.5 Å². The van der Waals surface area contributed by atoms with Crippen molar-refractivity contribution in [3.05, 3.63) is 75.2 Å². The van der Waals surface area contributed by atoms with Crippen LogP contribution in [0.5, 0.6) is 0 Å². The van der Waals surface area contributed by atoms with E-state index in [1.165, 1.54) is 4.40 Å². The van der Waals surface area contributed by atoms with Crippen LogP contribution in [0.2, 0.25) is 0 Å². The van der Waals surface area contributed by atoms with E-state index in [9.17, 15) is 14.7 Å². The van der Waals surface area contributed by atoms with Crippen molar-refractivity contribution in [2.75, 3.05) is 0 Å². The molecule has 2 heterocycles. The number of carboxylic acid groups (broad SMARTS) is 1. The fourth-order valence-electron chi connectivity index (χ4n) is 4.17. The number of nitrogens with zero attached hydrogens (tertiary/aromatic N) is 1. The monoisotopic (exact) mass is 404 g/mol. The molecule has 3 N–H and O–H groups in total. The highest BCUT2D eigenvalue weighted by Crippen LogP contribution is 2.43. The number of carbonyl (C=O) groups is 1. The molecule has 0 radical (unpaired) electrons. The van der Waals surface area contributed by atoms with Crippen LogP contribution in [0.3, 0.4) is 0 Å². The van der Waals surface area contributed by atoms with Gasteiger partial charge in [-0.2, -0.15) is 0 Å². The number of aromatic nitrogens is 1. The molecule has 5 nitrogen and oxygen atoms in total. The van der Waals surface area contributed by atoms with Crippen molar-refractivity contribution in [3.63, 3.8) is 0 Å². The van der Waals surface area contributed by atoms with Gasteiger partial charge in [0.15, 0.2) is 0 Å². The molecule has 0 spiro atoms. The molecular weight excluding hydrogens is 376 g/mol. The number of hydrogen-bond acceptors (Lipinski definition) is 3. The lowest BCUT2D eigenvalue weighted by Crippen LogP contribution is -2.26. The van der Waals surface area contributed by atoms with Crippen molar-refractivity contribution in [1.29, 1.82) is 0 Å². The summed E-state index contributed by atoms with van der Waals surface area (Å²) < 4.78 is 1.50. The topological polar surface area (TPSA) is 84.8 Å². The van der Waals surface area contributed by atoms with Gasteiger partial charge in [0.1, 0.15) is 5.56 Å². The lowest BCUT2D eigenvalue weighted by Gasteiger charge is -2.28. The lowest BCUT2D eigenvalue weighted by molar-refractivity contribution is 0.0694. The third-order valence-electron chi connectivity index (χ3n) is 6.15. The van der Waals surface area contributed by atoms with Gasteiger partial charge in [0, 0.05) is 12.2 Å². The Morgan fingerprint density at radius 1 is 1.20 bits per heavy atom. The first-order valence-electron chi connectivity index (χ1n) is 10.4. The van der Waals surface area contributed by atoms with Crippen molar-refractivity contribution >= 4 is 11.5 Å². The molecule has 1 fully saturated rings. The Morgan fingerprint density at radius 3 is 2.50 bits per heavy atom. The second kappa shape index (κ2) is 7.10. The Balaban J connectivity index is 1.94. The summed E-state index contributed by atoms with van der Waals surface area (Å²) in [6, 6.07) is 11.6. The number of rotatable bonds is 4. The predicted octanol–water partition coefficient (Wildman–Crippen LogP) is 4.90. The number of benzene rings is 1. The van der Waals surface area contributed by atoms with Gasteiger partial charge in [-0.15, -0.1) is 0 Å². The minimum atomic E-state index is -1.18. The van der Waals surface area contributed by atoms with E-state index in [0.29, 0.717) is 5.92 Å². The van der Waals surface area contributed by atoms with Crippen LogP contribution in [-0.4, -0.2) is 15.5 Å². The SMILES string of the molecule is Cc1c(-c2cccc(C(N)C(C)(C)C)c2)ccn2c(=O)c(C(=O)O)cc(C3CC3)c12. The molecule has 0 bridgehead atoms. The van der Waals surface area contributed by atoms with Crippen LogP contribution >= 0.6 is 0 Å². The van der Waals surface area contributed by atoms with Crippen LogP contribution in [-0.2, 0) is 0 Å². The average molecular weight is 405 g/mol. The van der Waals surface area contributed by atoms with E-state index in [2.05, 4.69) is 39.0 Å². The minimum absolute atomic E-state index is 0.0588.